The Morgan fingerprint density at radius 2 is 1.94 bits per heavy atom. The standard InChI is InChI=1S/C13H16N4/c14-9-11-12(16-7-6-15-11)17-8-5-13(10-17)3-1-2-4-13/h6-7H,1-5,8,10H2. The first-order chi connectivity index (χ1) is 8.33. The number of hydrogen-bond donors (Lipinski definition) is 0. The summed E-state index contributed by atoms with van der Waals surface area (Å²) in [5.74, 6) is 0.777. The lowest BCUT2D eigenvalue weighted by molar-refractivity contribution is 0.340. The molecule has 4 nitrogen and oxygen atoms in total. The smallest absolute Gasteiger partial charge is 0.183 e. The maximum absolute atomic E-state index is 9.06. The average Bonchev–Trinajstić information content (AvgIpc) is 3.00. The van der Waals surface area contributed by atoms with Crippen LogP contribution in [0.5, 0.6) is 0 Å². The van der Waals surface area contributed by atoms with Gasteiger partial charge in [0.2, 0.25) is 0 Å². The third-order valence-electron chi connectivity index (χ3n) is 4.19. The zero-order chi connectivity index (χ0) is 11.7. The predicted octanol–water partition coefficient (Wildman–Crippen LogP) is 2.12. The fourth-order valence-electron chi connectivity index (χ4n) is 3.29. The largest absolute Gasteiger partial charge is 0.354 e. The Labute approximate surface area is 101 Å². The maximum Gasteiger partial charge on any atom is 0.183 e. The highest BCUT2D eigenvalue weighted by Gasteiger charge is 2.41. The van der Waals surface area contributed by atoms with Gasteiger partial charge >= 0.3 is 0 Å². The van der Waals surface area contributed by atoms with Crippen molar-refractivity contribution in [2.75, 3.05) is 18.0 Å². The third kappa shape index (κ3) is 1.76. The van der Waals surface area contributed by atoms with Gasteiger partial charge in [-0.25, -0.2) is 9.97 Å². The molecule has 0 atom stereocenters. The topological polar surface area (TPSA) is 52.8 Å². The summed E-state index contributed by atoms with van der Waals surface area (Å²) in [6.45, 7) is 2.08. The summed E-state index contributed by atoms with van der Waals surface area (Å²) in [7, 11) is 0. The fraction of sp³-hybridized carbons (Fsp3) is 0.615. The second-order valence-electron chi connectivity index (χ2n) is 5.22. The van der Waals surface area contributed by atoms with E-state index >= 15 is 0 Å². The van der Waals surface area contributed by atoms with E-state index in [1.54, 1.807) is 12.4 Å². The van der Waals surface area contributed by atoms with Crippen molar-refractivity contribution < 1.29 is 0 Å². The predicted molar refractivity (Wildman–Crippen MR) is 64.5 cm³/mol. The SMILES string of the molecule is N#Cc1nccnc1N1CCC2(CCCC2)C1. The van der Waals surface area contributed by atoms with Crippen LogP contribution in [0.15, 0.2) is 12.4 Å². The normalized spacial score (nSPS) is 21.9. The van der Waals surface area contributed by atoms with Gasteiger partial charge in [-0.15, -0.1) is 0 Å². The molecule has 1 spiro atoms. The lowest BCUT2D eigenvalue weighted by Gasteiger charge is -2.24. The Kier molecular flexibility index (Phi) is 2.47. The molecule has 0 aromatic carbocycles. The van der Waals surface area contributed by atoms with Crippen LogP contribution in [0.3, 0.4) is 0 Å². The molecule has 4 heteroatoms. The van der Waals surface area contributed by atoms with Crippen molar-refractivity contribution in [3.63, 3.8) is 0 Å². The second-order valence-corrected chi connectivity index (χ2v) is 5.22. The Bertz CT molecular complexity index is 457. The molecule has 1 saturated heterocycles. The van der Waals surface area contributed by atoms with Gasteiger partial charge in [-0.3, -0.25) is 0 Å². The molecule has 0 unspecified atom stereocenters. The summed E-state index contributed by atoms with van der Waals surface area (Å²) in [6, 6.07) is 2.14. The van der Waals surface area contributed by atoms with Gasteiger partial charge in [-0.2, -0.15) is 5.26 Å². The number of nitrogens with zero attached hydrogens (tertiary/aromatic N) is 4. The number of aromatic nitrogens is 2. The molecule has 88 valence electrons. The molecule has 1 aliphatic heterocycles. The van der Waals surface area contributed by atoms with E-state index in [1.165, 1.54) is 32.1 Å². The molecule has 2 fully saturated rings. The van der Waals surface area contributed by atoms with Crippen LogP contribution in [0.25, 0.3) is 0 Å². The summed E-state index contributed by atoms with van der Waals surface area (Å²) in [6.07, 6.45) is 9.91. The first-order valence-electron chi connectivity index (χ1n) is 6.29. The van der Waals surface area contributed by atoms with Crippen molar-refractivity contribution in [2.24, 2.45) is 5.41 Å². The highest BCUT2D eigenvalue weighted by molar-refractivity contribution is 5.50. The first kappa shape index (κ1) is 10.5. The van der Waals surface area contributed by atoms with Gasteiger partial charge in [0.05, 0.1) is 0 Å². The first-order valence-corrected chi connectivity index (χ1v) is 6.29. The molecule has 1 aliphatic carbocycles. The van der Waals surface area contributed by atoms with Crippen LogP contribution in [0.2, 0.25) is 0 Å². The summed E-state index contributed by atoms with van der Waals surface area (Å²) >= 11 is 0. The van der Waals surface area contributed by atoms with E-state index in [4.69, 9.17) is 5.26 Å². The van der Waals surface area contributed by atoms with E-state index in [9.17, 15) is 0 Å². The highest BCUT2D eigenvalue weighted by atomic mass is 15.2. The van der Waals surface area contributed by atoms with Gasteiger partial charge in [0.15, 0.2) is 11.5 Å². The van der Waals surface area contributed by atoms with E-state index in [1.807, 2.05) is 0 Å². The molecule has 0 amide bonds. The number of anilines is 1. The third-order valence-corrected chi connectivity index (χ3v) is 4.19. The van der Waals surface area contributed by atoms with Crippen molar-refractivity contribution in [2.45, 2.75) is 32.1 Å². The van der Waals surface area contributed by atoms with E-state index < -0.39 is 0 Å². The van der Waals surface area contributed by atoms with Crippen LogP contribution in [-0.2, 0) is 0 Å². The molecule has 0 bridgehead atoms. The molecule has 3 rings (SSSR count). The van der Waals surface area contributed by atoms with E-state index in [-0.39, 0.29) is 0 Å². The number of nitriles is 1. The second kappa shape index (κ2) is 3.99. The van der Waals surface area contributed by atoms with Crippen LogP contribution in [0.4, 0.5) is 5.82 Å². The average molecular weight is 228 g/mol. The van der Waals surface area contributed by atoms with E-state index in [0.29, 0.717) is 11.1 Å². The van der Waals surface area contributed by atoms with Gasteiger partial charge in [0.25, 0.3) is 0 Å². The van der Waals surface area contributed by atoms with E-state index in [0.717, 1.165) is 18.9 Å². The number of rotatable bonds is 1. The van der Waals surface area contributed by atoms with Gasteiger partial charge in [-0.05, 0) is 24.7 Å². The van der Waals surface area contributed by atoms with Gasteiger partial charge in [0, 0.05) is 25.5 Å². The molecule has 0 radical (unpaired) electrons. The molecule has 1 aromatic rings. The van der Waals surface area contributed by atoms with Crippen LogP contribution in [0, 0.1) is 16.7 Å². The Balaban J connectivity index is 1.85. The van der Waals surface area contributed by atoms with Crippen LogP contribution < -0.4 is 4.90 Å². The van der Waals surface area contributed by atoms with Crippen LogP contribution in [0.1, 0.15) is 37.8 Å². The molecule has 1 saturated carbocycles. The van der Waals surface area contributed by atoms with Crippen molar-refractivity contribution in [3.8, 4) is 6.07 Å². The molecular weight excluding hydrogens is 212 g/mol. The molecule has 2 aliphatic rings. The van der Waals surface area contributed by atoms with Crippen molar-refractivity contribution in [1.29, 1.82) is 5.26 Å². The summed E-state index contributed by atoms with van der Waals surface area (Å²) in [5, 5.41) is 9.06. The zero-order valence-corrected chi connectivity index (χ0v) is 9.89. The van der Waals surface area contributed by atoms with Gasteiger partial charge < -0.3 is 4.90 Å². The van der Waals surface area contributed by atoms with Gasteiger partial charge in [-0.1, -0.05) is 12.8 Å². The van der Waals surface area contributed by atoms with Crippen molar-refractivity contribution >= 4 is 5.82 Å². The highest BCUT2D eigenvalue weighted by Crippen LogP contribution is 2.46. The Morgan fingerprint density at radius 3 is 2.71 bits per heavy atom. The van der Waals surface area contributed by atoms with Crippen molar-refractivity contribution in [1.82, 2.24) is 9.97 Å². The minimum atomic E-state index is 0.461. The van der Waals surface area contributed by atoms with Gasteiger partial charge in [0.1, 0.15) is 6.07 Å². The minimum Gasteiger partial charge on any atom is -0.354 e. The quantitative estimate of drug-likeness (QED) is 0.738. The van der Waals surface area contributed by atoms with Crippen LogP contribution >= 0.6 is 0 Å². The Hall–Kier alpha value is -1.63. The lowest BCUT2D eigenvalue weighted by atomic mass is 9.86. The maximum atomic E-state index is 9.06. The van der Waals surface area contributed by atoms with E-state index in [2.05, 4.69) is 20.9 Å². The molecule has 0 N–H and O–H groups in total. The monoisotopic (exact) mass is 228 g/mol. The fourth-order valence-corrected chi connectivity index (χ4v) is 3.29. The summed E-state index contributed by atoms with van der Waals surface area (Å²) < 4.78 is 0. The molecular formula is C13H16N4. The molecule has 17 heavy (non-hydrogen) atoms. The zero-order valence-electron chi connectivity index (χ0n) is 9.89. The summed E-state index contributed by atoms with van der Waals surface area (Å²) in [5.41, 5.74) is 0.965. The molecule has 2 heterocycles. The molecule has 1 aromatic heterocycles. The lowest BCUT2D eigenvalue weighted by Crippen LogP contribution is -2.26. The minimum absolute atomic E-state index is 0.461. The van der Waals surface area contributed by atoms with Crippen LogP contribution in [-0.4, -0.2) is 23.1 Å². The Morgan fingerprint density at radius 1 is 1.18 bits per heavy atom. The number of hydrogen-bond acceptors (Lipinski definition) is 4. The summed E-state index contributed by atoms with van der Waals surface area (Å²) in [4.78, 5) is 10.7. The van der Waals surface area contributed by atoms with Crippen molar-refractivity contribution in [3.05, 3.63) is 18.1 Å².